The van der Waals surface area contributed by atoms with Crippen molar-refractivity contribution in [1.29, 1.82) is 0 Å². The van der Waals surface area contributed by atoms with Crippen LogP contribution in [0, 0.1) is 11.7 Å². The molecule has 1 aromatic carbocycles. The van der Waals surface area contributed by atoms with Gasteiger partial charge in [0.25, 0.3) is 0 Å². The minimum atomic E-state index is -0.426. The van der Waals surface area contributed by atoms with Gasteiger partial charge in [-0.25, -0.2) is 14.1 Å². The predicted octanol–water partition coefficient (Wildman–Crippen LogP) is 3.75. The summed E-state index contributed by atoms with van der Waals surface area (Å²) < 4.78 is 22.2. The van der Waals surface area contributed by atoms with Gasteiger partial charge in [-0.1, -0.05) is 6.07 Å². The maximum atomic E-state index is 14.7. The first-order valence-electron chi connectivity index (χ1n) is 11.7. The summed E-state index contributed by atoms with van der Waals surface area (Å²) >= 11 is 3.46. The largest absolute Gasteiger partial charge is 0.379 e. The Morgan fingerprint density at radius 1 is 1.20 bits per heavy atom. The van der Waals surface area contributed by atoms with Crippen molar-refractivity contribution in [1.82, 2.24) is 30.0 Å². The molecule has 1 amide bonds. The number of hydrogen-bond acceptors (Lipinski definition) is 7. The van der Waals surface area contributed by atoms with Crippen LogP contribution in [0.15, 0.2) is 41.3 Å². The van der Waals surface area contributed by atoms with Gasteiger partial charge in [-0.3, -0.25) is 9.78 Å². The van der Waals surface area contributed by atoms with Crippen LogP contribution in [-0.2, 0) is 9.53 Å². The van der Waals surface area contributed by atoms with Crippen LogP contribution >= 0.6 is 15.9 Å². The van der Waals surface area contributed by atoms with E-state index in [1.165, 1.54) is 6.07 Å². The highest BCUT2D eigenvalue weighted by atomic mass is 79.9. The number of nitrogens with zero attached hydrogens (tertiary/aromatic N) is 5. The molecule has 1 aliphatic heterocycles. The Hall–Kier alpha value is -3.18. The number of ether oxygens (including phenoxy) is 1. The Labute approximate surface area is 208 Å². The molecule has 0 radical (unpaired) electrons. The van der Waals surface area contributed by atoms with E-state index in [9.17, 15) is 9.18 Å². The van der Waals surface area contributed by atoms with Crippen LogP contribution < -0.4 is 10.6 Å². The molecular weight excluding hydrogens is 517 g/mol. The Balaban J connectivity index is 1.23. The molecule has 180 valence electrons. The number of aromatic nitrogens is 5. The Kier molecular flexibility index (Phi) is 5.81. The van der Waals surface area contributed by atoms with Crippen molar-refractivity contribution >= 4 is 49.7 Å². The molecule has 11 heteroatoms. The first-order valence-corrected chi connectivity index (χ1v) is 12.4. The fraction of sp³-hybridized carbons (Fsp3) is 0.375. The van der Waals surface area contributed by atoms with E-state index < -0.39 is 5.82 Å². The third-order valence-electron chi connectivity index (χ3n) is 6.68. The highest BCUT2D eigenvalue weighted by Crippen LogP contribution is 2.30. The number of nitrogens with one attached hydrogen (secondary N) is 2. The third kappa shape index (κ3) is 4.34. The van der Waals surface area contributed by atoms with E-state index >= 15 is 0 Å². The average molecular weight is 540 g/mol. The minimum absolute atomic E-state index is 0.0364. The fourth-order valence-electron chi connectivity index (χ4n) is 4.87. The first kappa shape index (κ1) is 22.3. The number of pyridine rings is 1. The average Bonchev–Trinajstić information content (AvgIpc) is 3.60. The van der Waals surface area contributed by atoms with Gasteiger partial charge in [-0.2, -0.15) is 10.1 Å². The van der Waals surface area contributed by atoms with E-state index in [4.69, 9.17) is 9.72 Å². The van der Waals surface area contributed by atoms with Crippen molar-refractivity contribution in [3.8, 4) is 5.69 Å². The van der Waals surface area contributed by atoms with Crippen LogP contribution in [0.1, 0.15) is 25.7 Å². The molecule has 1 saturated carbocycles. The van der Waals surface area contributed by atoms with Gasteiger partial charge >= 0.3 is 0 Å². The lowest BCUT2D eigenvalue weighted by Gasteiger charge is -2.16. The number of rotatable bonds is 5. The summed E-state index contributed by atoms with van der Waals surface area (Å²) in [5, 5.41) is 12.4. The molecule has 3 aromatic heterocycles. The molecule has 1 aliphatic carbocycles. The SMILES string of the molecule is O=C(N[C@@H]1CCOC1)[C@@H]1CC[C@@H](Nc2ncc3c(Br)nn(-c4cc(F)c5ncccc5c4)c3n2)C1. The molecule has 4 aromatic rings. The fourth-order valence-corrected chi connectivity index (χ4v) is 5.31. The molecule has 6 rings (SSSR count). The van der Waals surface area contributed by atoms with Crippen LogP contribution in [0.4, 0.5) is 10.3 Å². The summed E-state index contributed by atoms with van der Waals surface area (Å²) in [7, 11) is 0. The molecule has 9 nitrogen and oxygen atoms in total. The monoisotopic (exact) mass is 539 g/mol. The van der Waals surface area contributed by atoms with E-state index in [1.807, 2.05) is 12.1 Å². The summed E-state index contributed by atoms with van der Waals surface area (Å²) in [6, 6.07) is 7.02. The van der Waals surface area contributed by atoms with Crippen LogP contribution in [0.25, 0.3) is 27.6 Å². The van der Waals surface area contributed by atoms with E-state index in [0.717, 1.165) is 19.3 Å². The molecule has 0 bridgehead atoms. The van der Waals surface area contributed by atoms with Gasteiger partial charge in [-0.05, 0) is 53.7 Å². The summed E-state index contributed by atoms with van der Waals surface area (Å²) in [6.07, 6.45) is 6.51. The van der Waals surface area contributed by atoms with Crippen molar-refractivity contribution in [2.45, 2.75) is 37.8 Å². The van der Waals surface area contributed by atoms with Gasteiger partial charge in [0, 0.05) is 42.4 Å². The van der Waals surface area contributed by atoms with Gasteiger partial charge in [0.2, 0.25) is 11.9 Å². The highest BCUT2D eigenvalue weighted by Gasteiger charge is 2.32. The van der Waals surface area contributed by atoms with Crippen molar-refractivity contribution in [3.05, 3.63) is 47.1 Å². The molecule has 0 spiro atoms. The standard InChI is InChI=1S/C24H23BrFN7O2/c25-21-18-11-28-24(30-15-4-3-14(8-15)23(34)29-16-5-7-35-12-16)31-22(18)33(32-21)17-9-13-2-1-6-27-20(13)19(26)10-17/h1-2,6,9-11,14-16H,3-5,7-8,12H2,(H,29,34)(H,28,30,31)/t14-,15-,16-/m1/s1. The van der Waals surface area contributed by atoms with Crippen LogP contribution in [0.3, 0.4) is 0 Å². The number of carbonyl (C=O) groups is 1. The smallest absolute Gasteiger partial charge is 0.224 e. The van der Waals surface area contributed by atoms with Gasteiger partial charge in [0.15, 0.2) is 11.5 Å². The predicted molar refractivity (Wildman–Crippen MR) is 132 cm³/mol. The van der Waals surface area contributed by atoms with E-state index in [0.29, 0.717) is 57.8 Å². The van der Waals surface area contributed by atoms with Crippen molar-refractivity contribution < 1.29 is 13.9 Å². The number of fused-ring (bicyclic) bond motifs is 2. The zero-order valence-corrected chi connectivity index (χ0v) is 20.3. The molecule has 3 atom stereocenters. The minimum Gasteiger partial charge on any atom is -0.379 e. The number of amides is 1. The number of carbonyl (C=O) groups excluding carboxylic acids is 1. The van der Waals surface area contributed by atoms with Gasteiger partial charge < -0.3 is 15.4 Å². The summed E-state index contributed by atoms with van der Waals surface area (Å²) in [6.45, 7) is 1.30. The highest BCUT2D eigenvalue weighted by molar-refractivity contribution is 9.10. The topological polar surface area (TPSA) is 107 Å². The van der Waals surface area contributed by atoms with E-state index in [2.05, 4.69) is 41.6 Å². The van der Waals surface area contributed by atoms with Crippen molar-refractivity contribution in [2.24, 2.45) is 5.92 Å². The zero-order valence-electron chi connectivity index (χ0n) is 18.7. The normalized spacial score (nSPS) is 22.2. The summed E-state index contributed by atoms with van der Waals surface area (Å²) in [5.41, 5.74) is 1.39. The number of anilines is 1. The Morgan fingerprint density at radius 2 is 2.11 bits per heavy atom. The Bertz CT molecular complexity index is 1420. The third-order valence-corrected chi connectivity index (χ3v) is 7.27. The van der Waals surface area contributed by atoms with Gasteiger partial charge in [-0.15, -0.1) is 0 Å². The second-order valence-electron chi connectivity index (χ2n) is 9.06. The lowest BCUT2D eigenvalue weighted by atomic mass is 10.1. The van der Waals surface area contributed by atoms with Crippen molar-refractivity contribution in [2.75, 3.05) is 18.5 Å². The summed E-state index contributed by atoms with van der Waals surface area (Å²) in [5.74, 6) is 0.0794. The maximum Gasteiger partial charge on any atom is 0.224 e. The number of benzene rings is 1. The molecule has 2 N–H and O–H groups in total. The second kappa shape index (κ2) is 9.12. The quantitative estimate of drug-likeness (QED) is 0.397. The Morgan fingerprint density at radius 3 is 2.97 bits per heavy atom. The lowest BCUT2D eigenvalue weighted by molar-refractivity contribution is -0.125. The van der Waals surface area contributed by atoms with Crippen molar-refractivity contribution in [3.63, 3.8) is 0 Å². The first-order chi connectivity index (χ1) is 17.0. The molecular formula is C24H23BrFN7O2. The number of hydrogen-bond donors (Lipinski definition) is 2. The van der Waals surface area contributed by atoms with E-state index in [-0.39, 0.29) is 23.9 Å². The molecule has 2 fully saturated rings. The summed E-state index contributed by atoms with van der Waals surface area (Å²) in [4.78, 5) is 25.9. The van der Waals surface area contributed by atoms with Crippen LogP contribution in [-0.4, -0.2) is 55.9 Å². The molecule has 1 saturated heterocycles. The molecule has 0 unspecified atom stereocenters. The molecule has 4 heterocycles. The van der Waals surface area contributed by atoms with Gasteiger partial charge in [0.05, 0.1) is 23.7 Å². The molecule has 35 heavy (non-hydrogen) atoms. The second-order valence-corrected chi connectivity index (χ2v) is 9.81. The van der Waals surface area contributed by atoms with Gasteiger partial charge in [0.1, 0.15) is 10.1 Å². The molecule has 2 aliphatic rings. The zero-order chi connectivity index (χ0) is 23.9. The van der Waals surface area contributed by atoms with Crippen LogP contribution in [0.2, 0.25) is 0 Å². The van der Waals surface area contributed by atoms with E-state index in [1.54, 1.807) is 23.1 Å². The number of halogens is 2. The maximum absolute atomic E-state index is 14.7. The van der Waals surface area contributed by atoms with Crippen LogP contribution in [0.5, 0.6) is 0 Å². The lowest BCUT2D eigenvalue weighted by Crippen LogP contribution is -2.38.